The molecule has 3 atom stereocenters. The lowest BCUT2D eigenvalue weighted by molar-refractivity contribution is 0.0113. The van der Waals surface area contributed by atoms with E-state index in [2.05, 4.69) is 5.32 Å². The zero-order valence-electron chi connectivity index (χ0n) is 12.6. The Kier molecular flexibility index (Phi) is 4.44. The molecule has 2 heterocycles. The molecule has 2 aliphatic heterocycles. The second-order valence-electron chi connectivity index (χ2n) is 6.14. The van der Waals surface area contributed by atoms with Gasteiger partial charge >= 0.3 is 6.09 Å². The number of nitrogens with one attached hydrogen (secondary N) is 1. The van der Waals surface area contributed by atoms with Crippen LogP contribution < -0.4 is 5.32 Å². The van der Waals surface area contributed by atoms with Crippen LogP contribution >= 0.6 is 0 Å². The van der Waals surface area contributed by atoms with Crippen LogP contribution in [0.15, 0.2) is 30.3 Å². The van der Waals surface area contributed by atoms with E-state index in [1.165, 1.54) is 6.42 Å². The summed E-state index contributed by atoms with van der Waals surface area (Å²) in [6.07, 6.45) is 5.40. The van der Waals surface area contributed by atoms with Gasteiger partial charge in [0.25, 0.3) is 0 Å². The minimum absolute atomic E-state index is 0.136. The summed E-state index contributed by atoms with van der Waals surface area (Å²) in [6.45, 7) is 0.366. The van der Waals surface area contributed by atoms with Crippen LogP contribution in [0.25, 0.3) is 0 Å². The van der Waals surface area contributed by atoms with E-state index in [1.807, 2.05) is 42.3 Å². The summed E-state index contributed by atoms with van der Waals surface area (Å²) in [6, 6.07) is 11.1. The Balaban J connectivity index is 1.61. The molecular weight excluding hydrogens is 264 g/mol. The molecule has 0 radical (unpaired) electrons. The van der Waals surface area contributed by atoms with Crippen molar-refractivity contribution < 1.29 is 9.53 Å². The first-order valence-electron chi connectivity index (χ1n) is 7.94. The van der Waals surface area contributed by atoms with Crippen LogP contribution in [0.4, 0.5) is 4.79 Å². The molecule has 2 fully saturated rings. The summed E-state index contributed by atoms with van der Waals surface area (Å²) in [7, 11) is 2.02. The predicted octanol–water partition coefficient (Wildman–Crippen LogP) is 2.93. The number of carbonyl (C=O) groups excluding carboxylic acids is 1. The Labute approximate surface area is 126 Å². The smallest absolute Gasteiger partial charge is 0.410 e. The maximum absolute atomic E-state index is 12.5. The van der Waals surface area contributed by atoms with Gasteiger partial charge in [-0.2, -0.15) is 0 Å². The van der Waals surface area contributed by atoms with Crippen molar-refractivity contribution in [1.82, 2.24) is 10.2 Å². The highest BCUT2D eigenvalue weighted by molar-refractivity contribution is 5.69. The summed E-state index contributed by atoms with van der Waals surface area (Å²) in [5.41, 5.74) is 1.04. The molecule has 0 aromatic heterocycles. The number of rotatable bonds is 3. The predicted molar refractivity (Wildman–Crippen MR) is 82.0 cm³/mol. The Hall–Kier alpha value is -1.55. The molecule has 4 nitrogen and oxygen atoms in total. The molecule has 1 N–H and O–H groups in total. The van der Waals surface area contributed by atoms with Crippen LogP contribution in [-0.2, 0) is 11.3 Å². The maximum atomic E-state index is 12.5. The highest BCUT2D eigenvalue weighted by Gasteiger charge is 2.41. The topological polar surface area (TPSA) is 41.6 Å². The van der Waals surface area contributed by atoms with Gasteiger partial charge in [-0.25, -0.2) is 4.79 Å². The molecule has 2 bridgehead atoms. The first-order valence-corrected chi connectivity index (χ1v) is 7.94. The molecule has 3 rings (SSSR count). The fourth-order valence-corrected chi connectivity index (χ4v) is 3.71. The summed E-state index contributed by atoms with van der Waals surface area (Å²) < 4.78 is 5.54. The SMILES string of the molecule is CNC1CC2CCC[C@H](C1)N2C(=O)OCc1ccccc1. The number of carbonyl (C=O) groups is 1. The van der Waals surface area contributed by atoms with E-state index in [4.69, 9.17) is 4.74 Å². The Morgan fingerprint density at radius 3 is 2.52 bits per heavy atom. The van der Waals surface area contributed by atoms with Crippen LogP contribution in [0.1, 0.15) is 37.7 Å². The molecular formula is C17H24N2O2. The molecule has 0 spiro atoms. The quantitative estimate of drug-likeness (QED) is 0.930. The molecule has 4 heteroatoms. The van der Waals surface area contributed by atoms with Crippen LogP contribution in [0.3, 0.4) is 0 Å². The second kappa shape index (κ2) is 6.48. The molecule has 2 unspecified atom stereocenters. The van der Waals surface area contributed by atoms with Crippen LogP contribution in [0.2, 0.25) is 0 Å². The number of hydrogen-bond donors (Lipinski definition) is 1. The van der Waals surface area contributed by atoms with Crippen molar-refractivity contribution in [3.8, 4) is 0 Å². The van der Waals surface area contributed by atoms with E-state index in [0.717, 1.165) is 31.2 Å². The fraction of sp³-hybridized carbons (Fsp3) is 0.588. The zero-order chi connectivity index (χ0) is 14.7. The van der Waals surface area contributed by atoms with Gasteiger partial charge in [0.15, 0.2) is 0 Å². The molecule has 0 saturated carbocycles. The second-order valence-corrected chi connectivity index (χ2v) is 6.14. The molecule has 1 amide bonds. The number of ether oxygens (including phenoxy) is 1. The Morgan fingerprint density at radius 1 is 1.24 bits per heavy atom. The molecule has 2 aliphatic rings. The summed E-state index contributed by atoms with van der Waals surface area (Å²) in [5.74, 6) is 0. The van der Waals surface area contributed by atoms with E-state index in [1.54, 1.807) is 0 Å². The number of nitrogens with zero attached hydrogens (tertiary/aromatic N) is 1. The van der Waals surface area contributed by atoms with Gasteiger partial charge in [-0.05, 0) is 44.7 Å². The number of piperidine rings is 2. The maximum Gasteiger partial charge on any atom is 0.410 e. The lowest BCUT2D eigenvalue weighted by Gasteiger charge is -2.48. The number of hydrogen-bond acceptors (Lipinski definition) is 3. The summed E-state index contributed by atoms with van der Waals surface area (Å²) >= 11 is 0. The molecule has 1 aromatic carbocycles. The van der Waals surface area contributed by atoms with Crippen LogP contribution in [0.5, 0.6) is 0 Å². The third kappa shape index (κ3) is 3.21. The first-order chi connectivity index (χ1) is 10.3. The fourth-order valence-electron chi connectivity index (χ4n) is 3.71. The first kappa shape index (κ1) is 14.4. The van der Waals surface area contributed by atoms with E-state index in [0.29, 0.717) is 24.7 Å². The van der Waals surface area contributed by atoms with Gasteiger partial charge in [-0.3, -0.25) is 0 Å². The van der Waals surface area contributed by atoms with Gasteiger partial charge < -0.3 is 15.0 Å². The van der Waals surface area contributed by atoms with E-state index < -0.39 is 0 Å². The third-order valence-corrected chi connectivity index (χ3v) is 4.80. The lowest BCUT2D eigenvalue weighted by Crippen LogP contribution is -2.57. The highest BCUT2D eigenvalue weighted by atomic mass is 16.6. The Morgan fingerprint density at radius 2 is 1.90 bits per heavy atom. The Bertz CT molecular complexity index is 463. The van der Waals surface area contributed by atoms with Crippen molar-refractivity contribution in [2.45, 2.75) is 56.8 Å². The minimum Gasteiger partial charge on any atom is -0.445 e. The minimum atomic E-state index is -0.136. The van der Waals surface area contributed by atoms with Gasteiger partial charge in [-0.1, -0.05) is 30.3 Å². The number of benzene rings is 1. The standard InChI is InChI=1S/C17H24N2O2/c1-18-14-10-15-8-5-9-16(11-14)19(15)17(20)21-12-13-6-3-2-4-7-13/h2-4,6-7,14-16,18H,5,8-12H2,1H3/t14?,15-,16?/m1/s1. The van der Waals surface area contributed by atoms with Crippen molar-refractivity contribution in [3.05, 3.63) is 35.9 Å². The van der Waals surface area contributed by atoms with Gasteiger partial charge in [0.2, 0.25) is 0 Å². The largest absolute Gasteiger partial charge is 0.445 e. The molecule has 21 heavy (non-hydrogen) atoms. The normalized spacial score (nSPS) is 28.2. The van der Waals surface area contributed by atoms with Gasteiger partial charge in [0.1, 0.15) is 6.61 Å². The molecule has 114 valence electrons. The van der Waals surface area contributed by atoms with Crippen molar-refractivity contribution in [2.24, 2.45) is 0 Å². The zero-order valence-corrected chi connectivity index (χ0v) is 12.6. The van der Waals surface area contributed by atoms with Crippen LogP contribution in [0, 0.1) is 0 Å². The average molecular weight is 288 g/mol. The molecule has 0 aliphatic carbocycles. The van der Waals surface area contributed by atoms with E-state index >= 15 is 0 Å². The van der Waals surface area contributed by atoms with Crippen molar-refractivity contribution in [2.75, 3.05) is 7.05 Å². The van der Waals surface area contributed by atoms with Gasteiger partial charge in [-0.15, -0.1) is 0 Å². The van der Waals surface area contributed by atoms with Crippen molar-refractivity contribution >= 4 is 6.09 Å². The van der Waals surface area contributed by atoms with Crippen molar-refractivity contribution in [1.29, 1.82) is 0 Å². The lowest BCUT2D eigenvalue weighted by atomic mass is 9.82. The van der Waals surface area contributed by atoms with Crippen molar-refractivity contribution in [3.63, 3.8) is 0 Å². The van der Waals surface area contributed by atoms with E-state index in [-0.39, 0.29) is 6.09 Å². The highest BCUT2D eigenvalue weighted by Crippen LogP contribution is 2.34. The van der Waals surface area contributed by atoms with Crippen LogP contribution in [-0.4, -0.2) is 36.2 Å². The average Bonchev–Trinajstić information content (AvgIpc) is 2.52. The monoisotopic (exact) mass is 288 g/mol. The number of amides is 1. The summed E-state index contributed by atoms with van der Waals surface area (Å²) in [4.78, 5) is 14.5. The van der Waals surface area contributed by atoms with E-state index in [9.17, 15) is 4.79 Å². The van der Waals surface area contributed by atoms with Gasteiger partial charge in [0, 0.05) is 18.1 Å². The number of fused-ring (bicyclic) bond motifs is 2. The summed E-state index contributed by atoms with van der Waals surface area (Å²) in [5, 5.41) is 3.37. The molecule has 1 aromatic rings. The third-order valence-electron chi connectivity index (χ3n) is 4.80. The van der Waals surface area contributed by atoms with Gasteiger partial charge in [0.05, 0.1) is 0 Å². The molecule has 2 saturated heterocycles.